The van der Waals surface area contributed by atoms with Gasteiger partial charge in [0.1, 0.15) is 11.9 Å². The van der Waals surface area contributed by atoms with Crippen LogP contribution in [0.5, 0.6) is 5.75 Å². The van der Waals surface area contributed by atoms with E-state index < -0.39 is 0 Å². The third-order valence-corrected chi connectivity index (χ3v) is 2.64. The molecule has 1 aliphatic heterocycles. The van der Waals surface area contributed by atoms with E-state index in [0.29, 0.717) is 6.04 Å². The van der Waals surface area contributed by atoms with E-state index in [2.05, 4.69) is 5.32 Å². The van der Waals surface area contributed by atoms with Crippen molar-refractivity contribution in [2.24, 2.45) is 0 Å². The lowest BCUT2D eigenvalue weighted by atomic mass is 9.97. The number of nitrogens with one attached hydrogen (secondary N) is 1. The summed E-state index contributed by atoms with van der Waals surface area (Å²) in [6, 6.07) is 8.39. The van der Waals surface area contributed by atoms with Crippen molar-refractivity contribution in [3.05, 3.63) is 29.8 Å². The number of hydrogen-bond donors (Lipinski definition) is 1. The highest BCUT2D eigenvalue weighted by Gasteiger charge is 2.33. The molecular weight excluding hydrogens is 178 g/mol. The quantitative estimate of drug-likeness (QED) is 0.786. The van der Waals surface area contributed by atoms with Crippen molar-refractivity contribution in [1.82, 2.24) is 5.32 Å². The van der Waals surface area contributed by atoms with Crippen LogP contribution in [0.25, 0.3) is 0 Å². The zero-order valence-corrected chi connectivity index (χ0v) is 8.49. The average molecular weight is 193 g/mol. The molecular formula is C11H15NO2. The van der Waals surface area contributed by atoms with Gasteiger partial charge < -0.3 is 14.8 Å². The highest BCUT2D eigenvalue weighted by Crippen LogP contribution is 2.35. The van der Waals surface area contributed by atoms with Gasteiger partial charge in [0, 0.05) is 5.56 Å². The lowest BCUT2D eigenvalue weighted by molar-refractivity contribution is -0.0881. The summed E-state index contributed by atoms with van der Waals surface area (Å²) in [5.41, 5.74) is 1.13. The maximum atomic E-state index is 5.52. The van der Waals surface area contributed by atoms with E-state index in [1.165, 1.54) is 0 Å². The molecule has 2 atom stereocenters. The van der Waals surface area contributed by atoms with Crippen molar-refractivity contribution in [3.8, 4) is 5.75 Å². The summed E-state index contributed by atoms with van der Waals surface area (Å²) < 4.78 is 10.8. The molecule has 1 saturated heterocycles. The van der Waals surface area contributed by atoms with E-state index in [1.54, 1.807) is 7.11 Å². The fraction of sp³-hybridized carbons (Fsp3) is 0.455. The Balaban J connectivity index is 2.22. The summed E-state index contributed by atoms with van der Waals surface area (Å²) in [6.45, 7) is 0.777. The number of methoxy groups -OCH3 is 1. The molecule has 0 saturated carbocycles. The van der Waals surface area contributed by atoms with Crippen LogP contribution in [0, 0.1) is 0 Å². The van der Waals surface area contributed by atoms with E-state index >= 15 is 0 Å². The van der Waals surface area contributed by atoms with Gasteiger partial charge in [-0.15, -0.1) is 0 Å². The van der Waals surface area contributed by atoms with Crippen molar-refractivity contribution in [2.75, 3.05) is 20.8 Å². The minimum absolute atomic E-state index is 0.135. The van der Waals surface area contributed by atoms with Gasteiger partial charge in [-0.2, -0.15) is 0 Å². The Morgan fingerprint density at radius 1 is 1.43 bits per heavy atom. The molecule has 76 valence electrons. The van der Waals surface area contributed by atoms with Gasteiger partial charge in [0.15, 0.2) is 0 Å². The Labute approximate surface area is 84.0 Å². The van der Waals surface area contributed by atoms with E-state index in [9.17, 15) is 0 Å². The molecule has 1 aromatic carbocycles. The number of likely N-dealkylation sites (N-methyl/N-ethyl adjacent to an activating group) is 1. The van der Waals surface area contributed by atoms with E-state index in [0.717, 1.165) is 17.9 Å². The Bertz CT molecular complexity index is 312. The normalized spacial score (nSPS) is 25.6. The predicted octanol–water partition coefficient (Wildman–Crippen LogP) is 1.35. The summed E-state index contributed by atoms with van der Waals surface area (Å²) in [6.07, 6.45) is 0.135. The first-order chi connectivity index (χ1) is 6.86. The van der Waals surface area contributed by atoms with Crippen LogP contribution in [0.4, 0.5) is 0 Å². The van der Waals surface area contributed by atoms with E-state index in [4.69, 9.17) is 9.47 Å². The first-order valence-electron chi connectivity index (χ1n) is 4.78. The molecule has 0 spiro atoms. The number of rotatable bonds is 3. The molecule has 1 aliphatic rings. The summed E-state index contributed by atoms with van der Waals surface area (Å²) in [5, 5.41) is 3.22. The predicted molar refractivity (Wildman–Crippen MR) is 54.5 cm³/mol. The third-order valence-electron chi connectivity index (χ3n) is 2.64. The lowest BCUT2D eigenvalue weighted by Crippen LogP contribution is -2.46. The van der Waals surface area contributed by atoms with Crippen LogP contribution in [0.1, 0.15) is 11.7 Å². The number of hydrogen-bond acceptors (Lipinski definition) is 3. The Kier molecular flexibility index (Phi) is 2.70. The topological polar surface area (TPSA) is 30.5 Å². The van der Waals surface area contributed by atoms with E-state index in [1.807, 2.05) is 31.3 Å². The molecule has 3 heteroatoms. The Hall–Kier alpha value is -1.06. The molecule has 0 aliphatic carbocycles. The van der Waals surface area contributed by atoms with Crippen LogP contribution in [-0.4, -0.2) is 26.8 Å². The van der Waals surface area contributed by atoms with Gasteiger partial charge >= 0.3 is 0 Å². The van der Waals surface area contributed by atoms with Crippen LogP contribution in [0.2, 0.25) is 0 Å². The fourth-order valence-electron chi connectivity index (χ4n) is 1.73. The minimum atomic E-state index is 0.135. The van der Waals surface area contributed by atoms with E-state index in [-0.39, 0.29) is 6.10 Å². The second-order valence-corrected chi connectivity index (χ2v) is 3.39. The van der Waals surface area contributed by atoms with Crippen LogP contribution in [0.3, 0.4) is 0 Å². The first kappa shape index (κ1) is 9.49. The second kappa shape index (κ2) is 3.98. The zero-order valence-electron chi connectivity index (χ0n) is 8.49. The molecule has 0 aromatic heterocycles. The van der Waals surface area contributed by atoms with Crippen molar-refractivity contribution in [1.29, 1.82) is 0 Å². The van der Waals surface area contributed by atoms with Crippen molar-refractivity contribution >= 4 is 0 Å². The molecule has 0 radical (unpaired) electrons. The molecule has 14 heavy (non-hydrogen) atoms. The highest BCUT2D eigenvalue weighted by molar-refractivity contribution is 5.36. The number of ether oxygens (including phenoxy) is 2. The first-order valence-corrected chi connectivity index (χ1v) is 4.78. The maximum Gasteiger partial charge on any atom is 0.124 e. The summed E-state index contributed by atoms with van der Waals surface area (Å²) >= 11 is 0. The molecule has 1 aromatic rings. The summed E-state index contributed by atoms with van der Waals surface area (Å²) in [4.78, 5) is 0. The highest BCUT2D eigenvalue weighted by atomic mass is 16.5. The molecule has 0 bridgehead atoms. The van der Waals surface area contributed by atoms with Crippen LogP contribution in [-0.2, 0) is 4.74 Å². The molecule has 2 unspecified atom stereocenters. The van der Waals surface area contributed by atoms with Crippen molar-refractivity contribution in [2.45, 2.75) is 12.1 Å². The smallest absolute Gasteiger partial charge is 0.124 e. The monoisotopic (exact) mass is 193 g/mol. The lowest BCUT2D eigenvalue weighted by Gasteiger charge is -2.37. The summed E-state index contributed by atoms with van der Waals surface area (Å²) in [5.74, 6) is 0.900. The minimum Gasteiger partial charge on any atom is -0.496 e. The van der Waals surface area contributed by atoms with Gasteiger partial charge in [-0.3, -0.25) is 0 Å². The van der Waals surface area contributed by atoms with Gasteiger partial charge in [-0.25, -0.2) is 0 Å². The average Bonchev–Trinajstić information content (AvgIpc) is 2.18. The number of benzene rings is 1. The SMILES string of the molecule is CNC1COC1c1ccccc1OC. The molecule has 0 amide bonds. The van der Waals surface area contributed by atoms with Gasteiger partial charge in [-0.05, 0) is 13.1 Å². The molecule has 1 N–H and O–H groups in total. The van der Waals surface area contributed by atoms with Crippen LogP contribution >= 0.6 is 0 Å². The van der Waals surface area contributed by atoms with Gasteiger partial charge in [-0.1, -0.05) is 18.2 Å². The van der Waals surface area contributed by atoms with Crippen molar-refractivity contribution in [3.63, 3.8) is 0 Å². The van der Waals surface area contributed by atoms with Crippen molar-refractivity contribution < 1.29 is 9.47 Å². The van der Waals surface area contributed by atoms with Gasteiger partial charge in [0.05, 0.1) is 19.8 Å². The fourth-order valence-corrected chi connectivity index (χ4v) is 1.73. The van der Waals surface area contributed by atoms with Gasteiger partial charge in [0.2, 0.25) is 0 Å². The van der Waals surface area contributed by atoms with Gasteiger partial charge in [0.25, 0.3) is 0 Å². The molecule has 2 rings (SSSR count). The molecule has 3 nitrogen and oxygen atoms in total. The van der Waals surface area contributed by atoms with Crippen LogP contribution in [0.15, 0.2) is 24.3 Å². The zero-order chi connectivity index (χ0) is 9.97. The van der Waals surface area contributed by atoms with Crippen LogP contribution < -0.4 is 10.1 Å². The largest absolute Gasteiger partial charge is 0.496 e. The Morgan fingerprint density at radius 3 is 2.79 bits per heavy atom. The Morgan fingerprint density at radius 2 is 2.21 bits per heavy atom. The number of para-hydroxylation sites is 1. The maximum absolute atomic E-state index is 5.52. The second-order valence-electron chi connectivity index (χ2n) is 3.39. The third kappa shape index (κ3) is 1.49. The standard InChI is InChI=1S/C11H15NO2/c1-12-9-7-14-11(9)8-5-3-4-6-10(8)13-2/h3-6,9,11-12H,7H2,1-2H3. The molecule has 1 heterocycles. The molecule has 1 fully saturated rings. The summed E-state index contributed by atoms with van der Waals surface area (Å²) in [7, 11) is 3.64.